The summed E-state index contributed by atoms with van der Waals surface area (Å²) in [4.78, 5) is 31.0. The molecule has 0 saturated carbocycles. The predicted molar refractivity (Wildman–Crippen MR) is 129 cm³/mol. The van der Waals surface area contributed by atoms with Crippen molar-refractivity contribution in [2.24, 2.45) is 0 Å². The number of nitrogens with two attached hydrogens (primary N) is 1. The van der Waals surface area contributed by atoms with Gasteiger partial charge in [-0.3, -0.25) is 4.79 Å². The third kappa shape index (κ3) is 3.58. The Labute approximate surface area is 208 Å². The third-order valence-corrected chi connectivity index (χ3v) is 6.57. The van der Waals surface area contributed by atoms with Gasteiger partial charge >= 0.3 is 0 Å². The van der Waals surface area contributed by atoms with E-state index in [4.69, 9.17) is 5.73 Å². The van der Waals surface area contributed by atoms with Gasteiger partial charge in [0.15, 0.2) is 23.1 Å². The summed E-state index contributed by atoms with van der Waals surface area (Å²) in [6, 6.07) is 9.24. The fraction of sp³-hybridized carbons (Fsp3) is 0.115. The van der Waals surface area contributed by atoms with Crippen LogP contribution in [0.4, 0.5) is 24.8 Å². The number of nitrogens with zero attached hydrogens (tertiary/aromatic N) is 5. The molecule has 5 aromatic rings. The van der Waals surface area contributed by atoms with Crippen LogP contribution >= 0.6 is 0 Å². The fourth-order valence-corrected chi connectivity index (χ4v) is 4.65. The molecule has 3 aromatic heterocycles. The highest BCUT2D eigenvalue weighted by Crippen LogP contribution is 2.44. The first-order valence-electron chi connectivity index (χ1n) is 11.3. The van der Waals surface area contributed by atoms with Crippen molar-refractivity contribution in [3.8, 4) is 11.5 Å². The van der Waals surface area contributed by atoms with Gasteiger partial charge in [-0.2, -0.15) is 0 Å². The summed E-state index contributed by atoms with van der Waals surface area (Å²) in [6.45, 7) is 1.68. The molecular formula is C26H18F3N7O. The van der Waals surface area contributed by atoms with E-state index < -0.39 is 22.9 Å². The van der Waals surface area contributed by atoms with Crippen molar-refractivity contribution in [1.29, 1.82) is 0 Å². The molecule has 0 spiro atoms. The number of carbonyl (C=O) groups excluding carboxylic acids is 1. The van der Waals surface area contributed by atoms with Crippen molar-refractivity contribution in [3.63, 3.8) is 0 Å². The third-order valence-electron chi connectivity index (χ3n) is 6.57. The molecule has 1 amide bonds. The van der Waals surface area contributed by atoms with Gasteiger partial charge in [-0.05, 0) is 42.3 Å². The first kappa shape index (κ1) is 22.7. The van der Waals surface area contributed by atoms with E-state index >= 15 is 0 Å². The van der Waals surface area contributed by atoms with Gasteiger partial charge in [0.05, 0.1) is 11.3 Å². The molecule has 0 saturated heterocycles. The zero-order valence-corrected chi connectivity index (χ0v) is 19.3. The highest BCUT2D eigenvalue weighted by atomic mass is 19.2. The van der Waals surface area contributed by atoms with Gasteiger partial charge in [-0.15, -0.1) is 0 Å². The summed E-state index contributed by atoms with van der Waals surface area (Å²) >= 11 is 0. The van der Waals surface area contributed by atoms with Crippen molar-refractivity contribution >= 4 is 23.2 Å². The van der Waals surface area contributed by atoms with Gasteiger partial charge < -0.3 is 15.5 Å². The smallest absolute Gasteiger partial charge is 0.240 e. The number of hydrogen-bond acceptors (Lipinski definition) is 6. The second kappa shape index (κ2) is 8.12. The molecule has 11 heteroatoms. The Bertz CT molecular complexity index is 1720. The number of aromatic nitrogens is 5. The van der Waals surface area contributed by atoms with Crippen LogP contribution in [0.1, 0.15) is 29.3 Å². The minimum atomic E-state index is -1.22. The normalized spacial score (nSPS) is 16.7. The van der Waals surface area contributed by atoms with Gasteiger partial charge in [0, 0.05) is 25.0 Å². The van der Waals surface area contributed by atoms with Crippen LogP contribution in [0.25, 0.3) is 17.2 Å². The van der Waals surface area contributed by atoms with Crippen LogP contribution in [0.3, 0.4) is 0 Å². The van der Waals surface area contributed by atoms with Crippen LogP contribution in [0.2, 0.25) is 0 Å². The topological polar surface area (TPSA) is 111 Å². The number of hydrogen-bond donors (Lipinski definition) is 2. The van der Waals surface area contributed by atoms with Gasteiger partial charge in [0.2, 0.25) is 5.91 Å². The lowest BCUT2D eigenvalue weighted by Gasteiger charge is -2.23. The largest absolute Gasteiger partial charge is 0.383 e. The Hall–Kier alpha value is -4.80. The molecule has 8 nitrogen and oxygen atoms in total. The maximum atomic E-state index is 13.8. The number of nitrogens with one attached hydrogen (secondary N) is 1. The molecule has 3 N–H and O–H groups in total. The van der Waals surface area contributed by atoms with Gasteiger partial charge in [0.25, 0.3) is 0 Å². The van der Waals surface area contributed by atoms with Crippen LogP contribution in [0, 0.1) is 17.5 Å². The number of amides is 1. The van der Waals surface area contributed by atoms with E-state index in [-0.39, 0.29) is 29.8 Å². The summed E-state index contributed by atoms with van der Waals surface area (Å²) in [6.07, 6.45) is 5.13. The van der Waals surface area contributed by atoms with Crippen LogP contribution in [0.5, 0.6) is 0 Å². The van der Waals surface area contributed by atoms with Crippen molar-refractivity contribution in [3.05, 3.63) is 101 Å². The van der Waals surface area contributed by atoms with E-state index in [9.17, 15) is 18.0 Å². The molecule has 1 aliphatic rings. The van der Waals surface area contributed by atoms with Gasteiger partial charge in [0.1, 0.15) is 28.6 Å². The average Bonchev–Trinajstić information content (AvgIpc) is 3.45. The summed E-state index contributed by atoms with van der Waals surface area (Å²) < 4.78 is 42.4. The summed E-state index contributed by atoms with van der Waals surface area (Å²) in [7, 11) is 0. The van der Waals surface area contributed by atoms with Crippen LogP contribution in [-0.2, 0) is 16.6 Å². The fourth-order valence-electron chi connectivity index (χ4n) is 4.65. The molecule has 0 bridgehead atoms. The van der Waals surface area contributed by atoms with Crippen LogP contribution in [0.15, 0.2) is 61.1 Å². The second-order valence-electron chi connectivity index (χ2n) is 8.90. The summed E-state index contributed by atoms with van der Waals surface area (Å²) in [5.41, 5.74) is 7.92. The Morgan fingerprint density at radius 3 is 2.57 bits per heavy atom. The SMILES string of the molecule is CC1(c2ccc(F)cc2)C(=O)Nc2nc(-c3cn4ccnc4c(Cc4ccc(F)c(F)c4)n3)nc(N)c21. The van der Waals surface area contributed by atoms with E-state index in [1.165, 1.54) is 30.3 Å². The van der Waals surface area contributed by atoms with Crippen LogP contribution < -0.4 is 11.1 Å². The lowest BCUT2D eigenvalue weighted by Crippen LogP contribution is -2.33. The molecule has 1 atom stereocenters. The number of imidazole rings is 1. The molecular weight excluding hydrogens is 483 g/mol. The zero-order chi connectivity index (χ0) is 25.9. The van der Waals surface area contributed by atoms with Gasteiger partial charge in [-0.25, -0.2) is 33.1 Å². The number of benzene rings is 2. The van der Waals surface area contributed by atoms with Gasteiger partial charge in [-0.1, -0.05) is 18.2 Å². The van der Waals surface area contributed by atoms with Crippen molar-refractivity contribution in [2.75, 3.05) is 11.1 Å². The van der Waals surface area contributed by atoms with Crippen molar-refractivity contribution in [1.82, 2.24) is 24.3 Å². The quantitative estimate of drug-likeness (QED) is 0.385. The molecule has 37 heavy (non-hydrogen) atoms. The lowest BCUT2D eigenvalue weighted by molar-refractivity contribution is -0.119. The first-order chi connectivity index (χ1) is 17.7. The van der Waals surface area contributed by atoms with E-state index in [0.717, 1.165) is 12.1 Å². The average molecular weight is 501 g/mol. The number of fused-ring (bicyclic) bond motifs is 2. The Kier molecular flexibility index (Phi) is 4.97. The maximum Gasteiger partial charge on any atom is 0.240 e. The highest BCUT2D eigenvalue weighted by Gasteiger charge is 2.47. The maximum absolute atomic E-state index is 13.8. The second-order valence-corrected chi connectivity index (χ2v) is 8.90. The Balaban J connectivity index is 1.45. The predicted octanol–water partition coefficient (Wildman–Crippen LogP) is 4.03. The van der Waals surface area contributed by atoms with E-state index in [1.54, 1.807) is 29.9 Å². The molecule has 0 aliphatic carbocycles. The van der Waals surface area contributed by atoms with E-state index in [1.807, 2.05) is 0 Å². The monoisotopic (exact) mass is 501 g/mol. The number of carbonyl (C=O) groups is 1. The Morgan fingerprint density at radius 2 is 1.81 bits per heavy atom. The molecule has 0 fully saturated rings. The lowest BCUT2D eigenvalue weighted by atomic mass is 9.78. The summed E-state index contributed by atoms with van der Waals surface area (Å²) in [5.74, 6) is -2.23. The molecule has 1 aliphatic heterocycles. The molecule has 184 valence electrons. The number of halogens is 3. The molecule has 2 aromatic carbocycles. The number of anilines is 2. The number of nitrogen functional groups attached to an aromatic ring is 1. The molecule has 0 radical (unpaired) electrons. The molecule has 4 heterocycles. The standard InChI is InChI=1S/C26H18F3N7O/c1-26(14-3-5-15(27)6-4-14)20-21(30)33-22(34-23(20)35-25(26)37)19-12-36-9-8-31-24(36)18(32-19)11-13-2-7-16(28)17(29)10-13/h2-10,12H,11H2,1H3,(H3,30,33,34,35,37). The number of rotatable bonds is 4. The highest BCUT2D eigenvalue weighted by molar-refractivity contribution is 6.09. The van der Waals surface area contributed by atoms with E-state index in [0.29, 0.717) is 33.7 Å². The Morgan fingerprint density at radius 1 is 1.03 bits per heavy atom. The zero-order valence-electron chi connectivity index (χ0n) is 19.3. The van der Waals surface area contributed by atoms with E-state index in [2.05, 4.69) is 25.3 Å². The minimum absolute atomic E-state index is 0.0693. The minimum Gasteiger partial charge on any atom is -0.383 e. The summed E-state index contributed by atoms with van der Waals surface area (Å²) in [5, 5.41) is 2.76. The van der Waals surface area contributed by atoms with Crippen molar-refractivity contribution in [2.45, 2.75) is 18.8 Å². The van der Waals surface area contributed by atoms with Crippen molar-refractivity contribution < 1.29 is 18.0 Å². The first-order valence-corrected chi connectivity index (χ1v) is 11.3. The van der Waals surface area contributed by atoms with Crippen LogP contribution in [-0.4, -0.2) is 30.2 Å². The molecule has 1 unspecified atom stereocenters. The molecule has 6 rings (SSSR count).